The third kappa shape index (κ3) is 2.73. The Morgan fingerprint density at radius 1 is 0.818 bits per heavy atom. The largest absolute Gasteiger partial charge is 0.296 e. The number of benzene rings is 1. The fourth-order valence-electron chi connectivity index (χ4n) is 3.88. The van der Waals surface area contributed by atoms with E-state index < -0.39 is 0 Å². The first-order valence-corrected chi connectivity index (χ1v) is 8.42. The van der Waals surface area contributed by atoms with E-state index in [2.05, 4.69) is 69.4 Å². The number of fused-ring (bicyclic) bond motifs is 1. The van der Waals surface area contributed by atoms with Crippen molar-refractivity contribution in [3.05, 3.63) is 66.0 Å². The zero-order chi connectivity index (χ0) is 14.8. The molecule has 114 valence electrons. The molecule has 1 aliphatic heterocycles. The zero-order valence-corrected chi connectivity index (χ0v) is 13.1. The Bertz CT molecular complexity index is 618. The first-order chi connectivity index (χ1) is 10.9. The molecule has 1 aliphatic carbocycles. The second-order valence-electron chi connectivity index (χ2n) is 6.41. The van der Waals surface area contributed by atoms with E-state index in [4.69, 9.17) is 0 Å². The summed E-state index contributed by atoms with van der Waals surface area (Å²) >= 11 is 0. The van der Waals surface area contributed by atoms with Crippen molar-refractivity contribution in [2.75, 3.05) is 31.2 Å². The van der Waals surface area contributed by atoms with E-state index in [1.54, 1.807) is 11.1 Å². The monoisotopic (exact) mass is 294 g/mol. The summed E-state index contributed by atoms with van der Waals surface area (Å²) in [5.74, 6) is 0. The molecule has 2 aromatic rings. The number of aryl methyl sites for hydroxylation is 1. The summed E-state index contributed by atoms with van der Waals surface area (Å²) in [5.41, 5.74) is 3.14. The molecule has 1 aromatic heterocycles. The van der Waals surface area contributed by atoms with Gasteiger partial charge in [0.1, 0.15) is 0 Å². The maximum Gasteiger partial charge on any atom is 0.199 e. The Balaban J connectivity index is 1.38. The predicted octanol–water partition coefficient (Wildman–Crippen LogP) is 1.79. The minimum atomic E-state index is 0.734. The molecule has 22 heavy (non-hydrogen) atoms. The summed E-state index contributed by atoms with van der Waals surface area (Å²) in [6.45, 7) is 4.59. The van der Waals surface area contributed by atoms with Crippen LogP contribution in [0.2, 0.25) is 0 Å². The van der Waals surface area contributed by atoms with Gasteiger partial charge in [-0.15, -0.1) is 0 Å². The van der Waals surface area contributed by atoms with Crippen molar-refractivity contribution in [2.24, 2.45) is 0 Å². The molecule has 0 radical (unpaired) electrons. The number of hydrogen-bond acceptors (Lipinski definition) is 2. The maximum absolute atomic E-state index is 2.70. The third-order valence-electron chi connectivity index (χ3n) is 5.15. The molecule has 0 spiro atoms. The van der Waals surface area contributed by atoms with Crippen molar-refractivity contribution >= 4 is 0 Å². The Morgan fingerprint density at radius 2 is 1.55 bits per heavy atom. The summed E-state index contributed by atoms with van der Waals surface area (Å²) in [5, 5.41) is 2.44. The van der Waals surface area contributed by atoms with E-state index in [9.17, 15) is 0 Å². The number of pyridine rings is 1. The zero-order valence-electron chi connectivity index (χ0n) is 13.1. The van der Waals surface area contributed by atoms with Gasteiger partial charge in [-0.3, -0.25) is 4.90 Å². The minimum Gasteiger partial charge on any atom is -0.296 e. The summed E-state index contributed by atoms with van der Waals surface area (Å²) in [7, 11) is 0. The Labute approximate surface area is 132 Å². The van der Waals surface area contributed by atoms with Crippen LogP contribution in [0.3, 0.4) is 0 Å². The molecule has 3 heteroatoms. The molecule has 3 nitrogen and oxygen atoms in total. The molecule has 1 atom stereocenters. The highest BCUT2D eigenvalue weighted by Crippen LogP contribution is 2.24. The van der Waals surface area contributed by atoms with Crippen LogP contribution in [0.25, 0.3) is 0 Å². The number of hydrogen-bond donors (Lipinski definition) is 0. The number of aromatic nitrogens is 1. The predicted molar refractivity (Wildman–Crippen MR) is 88.4 cm³/mol. The van der Waals surface area contributed by atoms with Crippen LogP contribution in [0, 0.1) is 0 Å². The molecular formula is C19H24N3+. The van der Waals surface area contributed by atoms with Crippen LogP contribution < -0.4 is 9.69 Å². The van der Waals surface area contributed by atoms with E-state index >= 15 is 0 Å². The first kappa shape index (κ1) is 13.8. The van der Waals surface area contributed by atoms with E-state index in [1.807, 2.05) is 0 Å². The molecule has 2 aliphatic rings. The topological polar surface area (TPSA) is 10.4 Å². The molecule has 2 heterocycles. The maximum atomic E-state index is 2.70. The SMILES string of the molecule is c1cc[n+](N2CCN(C3CCc4ccccc4C3)CC2)cc1. The lowest BCUT2D eigenvalue weighted by Gasteiger charge is -2.39. The Morgan fingerprint density at radius 3 is 2.32 bits per heavy atom. The number of rotatable bonds is 2. The van der Waals surface area contributed by atoms with Crippen LogP contribution >= 0.6 is 0 Å². The van der Waals surface area contributed by atoms with Crippen LogP contribution in [0.1, 0.15) is 17.5 Å². The van der Waals surface area contributed by atoms with Gasteiger partial charge in [0.2, 0.25) is 0 Å². The van der Waals surface area contributed by atoms with Crippen molar-refractivity contribution in [1.82, 2.24) is 4.90 Å². The Kier molecular flexibility index (Phi) is 3.81. The lowest BCUT2D eigenvalue weighted by molar-refractivity contribution is -0.694. The van der Waals surface area contributed by atoms with Crippen molar-refractivity contribution < 1.29 is 4.68 Å². The van der Waals surface area contributed by atoms with Crippen LogP contribution in [-0.2, 0) is 12.8 Å². The average molecular weight is 294 g/mol. The molecule has 0 bridgehead atoms. The van der Waals surface area contributed by atoms with E-state index in [0.29, 0.717) is 0 Å². The normalized spacial score (nSPS) is 22.4. The highest BCUT2D eigenvalue weighted by atomic mass is 15.6. The van der Waals surface area contributed by atoms with E-state index in [-0.39, 0.29) is 0 Å². The fourth-order valence-corrected chi connectivity index (χ4v) is 3.88. The number of piperazine rings is 1. The second kappa shape index (κ2) is 6.09. The molecule has 4 rings (SSSR count). The smallest absolute Gasteiger partial charge is 0.199 e. The van der Waals surface area contributed by atoms with Gasteiger partial charge in [-0.25, -0.2) is 0 Å². The van der Waals surface area contributed by atoms with Gasteiger partial charge in [-0.05, 0) is 30.4 Å². The molecule has 0 amide bonds. The molecule has 1 aromatic carbocycles. The molecule has 0 N–H and O–H groups in total. The number of nitrogens with zero attached hydrogens (tertiary/aromatic N) is 3. The van der Waals surface area contributed by atoms with Crippen molar-refractivity contribution in [3.63, 3.8) is 0 Å². The molecule has 0 saturated carbocycles. The van der Waals surface area contributed by atoms with Crippen molar-refractivity contribution in [3.8, 4) is 0 Å². The van der Waals surface area contributed by atoms with Crippen LogP contribution in [0.4, 0.5) is 0 Å². The summed E-state index contributed by atoms with van der Waals surface area (Å²) in [6, 6.07) is 16.0. The standard InChI is InChI=1S/C19H24N3/c1-4-10-21(11-5-1)22-14-12-20(13-15-22)19-9-8-17-6-2-3-7-18(17)16-19/h1-7,10-11,19H,8-9,12-16H2/q+1. The van der Waals surface area contributed by atoms with Gasteiger partial charge in [-0.2, -0.15) is 5.01 Å². The fraction of sp³-hybridized carbons (Fsp3) is 0.421. The first-order valence-electron chi connectivity index (χ1n) is 8.42. The van der Waals surface area contributed by atoms with Crippen LogP contribution in [-0.4, -0.2) is 37.1 Å². The van der Waals surface area contributed by atoms with Gasteiger partial charge in [0.05, 0.1) is 13.1 Å². The van der Waals surface area contributed by atoms with Crippen molar-refractivity contribution in [2.45, 2.75) is 25.3 Å². The van der Waals surface area contributed by atoms with Crippen LogP contribution in [0.15, 0.2) is 54.9 Å². The molecule has 1 unspecified atom stereocenters. The van der Waals surface area contributed by atoms with Gasteiger partial charge in [0.15, 0.2) is 12.4 Å². The molecule has 1 saturated heterocycles. The molecule has 1 fully saturated rings. The Hall–Kier alpha value is -1.87. The molecular weight excluding hydrogens is 270 g/mol. The summed E-state index contributed by atoms with van der Waals surface area (Å²) < 4.78 is 2.23. The van der Waals surface area contributed by atoms with Gasteiger partial charge in [0, 0.05) is 31.3 Å². The van der Waals surface area contributed by atoms with Gasteiger partial charge in [-0.1, -0.05) is 35.0 Å². The van der Waals surface area contributed by atoms with Gasteiger partial charge < -0.3 is 0 Å². The van der Waals surface area contributed by atoms with Gasteiger partial charge in [0.25, 0.3) is 0 Å². The quantitative estimate of drug-likeness (QED) is 0.782. The highest BCUT2D eigenvalue weighted by molar-refractivity contribution is 5.30. The second-order valence-corrected chi connectivity index (χ2v) is 6.41. The van der Waals surface area contributed by atoms with Crippen molar-refractivity contribution in [1.29, 1.82) is 0 Å². The van der Waals surface area contributed by atoms with Crippen LogP contribution in [0.5, 0.6) is 0 Å². The summed E-state index contributed by atoms with van der Waals surface area (Å²) in [6.07, 6.45) is 8.08. The highest BCUT2D eigenvalue weighted by Gasteiger charge is 2.29. The van der Waals surface area contributed by atoms with Gasteiger partial charge >= 0.3 is 0 Å². The lowest BCUT2D eigenvalue weighted by Crippen LogP contribution is -2.65. The van der Waals surface area contributed by atoms with E-state index in [1.165, 1.54) is 32.4 Å². The average Bonchev–Trinajstić information content (AvgIpc) is 2.62. The third-order valence-corrected chi connectivity index (χ3v) is 5.15. The van der Waals surface area contributed by atoms with E-state index in [0.717, 1.165) is 19.1 Å². The summed E-state index contributed by atoms with van der Waals surface area (Å²) in [4.78, 5) is 2.70. The minimum absolute atomic E-state index is 0.734. The lowest BCUT2D eigenvalue weighted by atomic mass is 9.87.